The largest absolute Gasteiger partial charge is 0.341 e. The molecular weight excluding hydrogens is 424 g/mol. The number of hydrogen-bond donors (Lipinski definition) is 0. The van der Waals surface area contributed by atoms with Gasteiger partial charge in [-0.25, -0.2) is 0 Å². The summed E-state index contributed by atoms with van der Waals surface area (Å²) in [7, 11) is 0. The highest BCUT2D eigenvalue weighted by molar-refractivity contribution is 6.30. The topological polar surface area (TPSA) is 67.2 Å². The predicted molar refractivity (Wildman–Crippen MR) is 124 cm³/mol. The zero-order valence-corrected chi connectivity index (χ0v) is 18.7. The molecule has 1 aromatic heterocycles. The maximum Gasteiger partial charge on any atom is 0.251 e. The molecule has 1 fully saturated rings. The molecule has 5 rings (SSSR count). The predicted octanol–water partition coefficient (Wildman–Crippen LogP) is 4.04. The molecule has 1 saturated heterocycles. The van der Waals surface area contributed by atoms with E-state index in [1.807, 2.05) is 52.3 Å². The summed E-state index contributed by atoms with van der Waals surface area (Å²) in [6.45, 7) is 4.02. The Kier molecular flexibility index (Phi) is 5.66. The van der Waals surface area contributed by atoms with E-state index in [0.29, 0.717) is 16.9 Å². The number of allylic oxidation sites excluding steroid dienone is 1. The van der Waals surface area contributed by atoms with Gasteiger partial charge in [-0.3, -0.25) is 9.69 Å². The van der Waals surface area contributed by atoms with E-state index in [0.717, 1.165) is 42.8 Å². The van der Waals surface area contributed by atoms with Crippen molar-refractivity contribution in [1.82, 2.24) is 25.1 Å². The first-order valence-corrected chi connectivity index (χ1v) is 11.3. The van der Waals surface area contributed by atoms with Crippen LogP contribution in [0.4, 0.5) is 5.95 Å². The summed E-state index contributed by atoms with van der Waals surface area (Å²) in [5.41, 5.74) is 2.93. The van der Waals surface area contributed by atoms with Crippen molar-refractivity contribution in [3.8, 4) is 0 Å². The highest BCUT2D eigenvalue weighted by Crippen LogP contribution is 2.36. The van der Waals surface area contributed by atoms with Gasteiger partial charge in [0.2, 0.25) is 5.91 Å². The zero-order chi connectivity index (χ0) is 22.1. The second-order valence-electron chi connectivity index (χ2n) is 8.49. The van der Waals surface area contributed by atoms with E-state index in [1.165, 1.54) is 0 Å². The minimum Gasteiger partial charge on any atom is -0.341 e. The number of tetrazole rings is 1. The molecule has 1 amide bonds. The van der Waals surface area contributed by atoms with Crippen LogP contribution in [0.1, 0.15) is 36.9 Å². The van der Waals surface area contributed by atoms with E-state index in [2.05, 4.69) is 40.7 Å². The number of nitrogens with zero attached hydrogens (tertiary/aromatic N) is 6. The van der Waals surface area contributed by atoms with Crippen LogP contribution in [0.3, 0.4) is 0 Å². The lowest BCUT2D eigenvalue weighted by Crippen LogP contribution is -2.45. The van der Waals surface area contributed by atoms with Crippen LogP contribution in [0.15, 0.2) is 60.7 Å². The Morgan fingerprint density at radius 2 is 1.78 bits per heavy atom. The molecule has 0 spiro atoms. The number of rotatable bonds is 4. The molecule has 2 aromatic carbocycles. The van der Waals surface area contributed by atoms with Crippen molar-refractivity contribution in [3.63, 3.8) is 0 Å². The van der Waals surface area contributed by atoms with Crippen molar-refractivity contribution in [2.75, 3.05) is 24.5 Å². The normalized spacial score (nSPS) is 18.9. The number of halogens is 1. The minimum absolute atomic E-state index is 0.0875. The Bertz CT molecular complexity index is 1120. The van der Waals surface area contributed by atoms with Crippen LogP contribution in [0.5, 0.6) is 0 Å². The first-order chi connectivity index (χ1) is 15.6. The summed E-state index contributed by atoms with van der Waals surface area (Å²) in [4.78, 5) is 17.1. The third-order valence-electron chi connectivity index (χ3n) is 6.30. The van der Waals surface area contributed by atoms with Crippen molar-refractivity contribution >= 4 is 29.2 Å². The van der Waals surface area contributed by atoms with Crippen LogP contribution in [0.2, 0.25) is 5.02 Å². The summed E-state index contributed by atoms with van der Waals surface area (Å²) in [5, 5.41) is 13.2. The third kappa shape index (κ3) is 4.00. The molecule has 164 valence electrons. The Balaban J connectivity index is 1.53. The fourth-order valence-electron chi connectivity index (χ4n) is 4.37. The molecule has 3 heterocycles. The minimum atomic E-state index is -0.172. The maximum atomic E-state index is 13.2. The second kappa shape index (κ2) is 8.74. The summed E-state index contributed by atoms with van der Waals surface area (Å²) in [6.07, 6.45) is 4.20. The van der Waals surface area contributed by atoms with E-state index in [-0.39, 0.29) is 18.5 Å². The van der Waals surface area contributed by atoms with E-state index in [4.69, 9.17) is 11.6 Å². The van der Waals surface area contributed by atoms with E-state index in [9.17, 15) is 4.79 Å². The molecule has 1 atom stereocenters. The zero-order valence-electron chi connectivity index (χ0n) is 17.9. The number of fused-ring (bicyclic) bond motifs is 1. The molecule has 2 aliphatic rings. The van der Waals surface area contributed by atoms with Gasteiger partial charge in [-0.15, -0.1) is 0 Å². The number of hydrogen-bond acceptors (Lipinski definition) is 5. The number of anilines is 1. The molecule has 32 heavy (non-hydrogen) atoms. The molecule has 0 unspecified atom stereocenters. The van der Waals surface area contributed by atoms with Gasteiger partial charge in [0.15, 0.2) is 0 Å². The monoisotopic (exact) mass is 448 g/mol. The molecule has 0 radical (unpaired) electrons. The SMILES string of the molecule is CC1CCN(C(=O)CN2C(c3ccc(Cl)cc3)=C[C@@H](c3ccccc3)n3nnnc32)CC1. The Hall–Kier alpha value is -3.19. The average Bonchev–Trinajstić information content (AvgIpc) is 3.31. The Morgan fingerprint density at radius 3 is 2.50 bits per heavy atom. The van der Waals surface area contributed by atoms with Crippen LogP contribution in [-0.4, -0.2) is 50.6 Å². The van der Waals surface area contributed by atoms with Crippen molar-refractivity contribution in [2.24, 2.45) is 5.92 Å². The smallest absolute Gasteiger partial charge is 0.251 e. The maximum absolute atomic E-state index is 13.2. The molecular formula is C24H25ClN6O. The molecule has 8 heteroatoms. The average molecular weight is 449 g/mol. The lowest BCUT2D eigenvalue weighted by Gasteiger charge is -2.35. The van der Waals surface area contributed by atoms with Crippen molar-refractivity contribution in [1.29, 1.82) is 0 Å². The summed E-state index contributed by atoms with van der Waals surface area (Å²) < 4.78 is 1.78. The molecule has 2 aliphatic heterocycles. The first kappa shape index (κ1) is 20.7. The van der Waals surface area contributed by atoms with Gasteiger partial charge in [0.05, 0.1) is 5.70 Å². The molecule has 0 N–H and O–H groups in total. The van der Waals surface area contributed by atoms with Crippen LogP contribution < -0.4 is 4.90 Å². The first-order valence-electron chi connectivity index (χ1n) is 11.0. The Morgan fingerprint density at radius 1 is 1.06 bits per heavy atom. The number of amides is 1. The van der Waals surface area contributed by atoms with Crippen LogP contribution in [-0.2, 0) is 4.79 Å². The quantitative estimate of drug-likeness (QED) is 0.602. The molecule has 0 aliphatic carbocycles. The number of aromatic nitrogens is 4. The standard InChI is InChI=1S/C24H25ClN6O/c1-17-11-13-29(14-12-17)23(32)16-30-21(19-7-9-20(25)10-8-19)15-22(18-5-3-2-4-6-18)31-24(30)26-27-28-31/h2-10,15,17,22H,11-14,16H2,1H3/t22-/m0/s1. The van der Waals surface area contributed by atoms with Crippen LogP contribution in [0, 0.1) is 5.92 Å². The van der Waals surface area contributed by atoms with Gasteiger partial charge >= 0.3 is 0 Å². The molecule has 0 saturated carbocycles. The van der Waals surface area contributed by atoms with Gasteiger partial charge in [0.25, 0.3) is 5.95 Å². The van der Waals surface area contributed by atoms with Gasteiger partial charge in [-0.2, -0.15) is 4.68 Å². The summed E-state index contributed by atoms with van der Waals surface area (Å²) >= 11 is 6.14. The Labute approximate surface area is 192 Å². The highest BCUT2D eigenvalue weighted by atomic mass is 35.5. The van der Waals surface area contributed by atoms with Crippen molar-refractivity contribution in [2.45, 2.75) is 25.8 Å². The van der Waals surface area contributed by atoms with Gasteiger partial charge < -0.3 is 4.90 Å². The van der Waals surface area contributed by atoms with E-state index >= 15 is 0 Å². The second-order valence-corrected chi connectivity index (χ2v) is 8.92. The van der Waals surface area contributed by atoms with E-state index < -0.39 is 0 Å². The van der Waals surface area contributed by atoms with Crippen LogP contribution >= 0.6 is 11.6 Å². The fraction of sp³-hybridized carbons (Fsp3) is 0.333. The fourth-order valence-corrected chi connectivity index (χ4v) is 4.50. The van der Waals surface area contributed by atoms with E-state index in [1.54, 1.807) is 4.68 Å². The van der Waals surface area contributed by atoms with Gasteiger partial charge in [0.1, 0.15) is 12.6 Å². The third-order valence-corrected chi connectivity index (χ3v) is 6.55. The van der Waals surface area contributed by atoms with Crippen molar-refractivity contribution < 1.29 is 4.79 Å². The summed E-state index contributed by atoms with van der Waals surface area (Å²) in [6, 6.07) is 17.6. The lowest BCUT2D eigenvalue weighted by atomic mass is 9.99. The number of carbonyl (C=O) groups is 1. The van der Waals surface area contributed by atoms with Gasteiger partial charge in [-0.1, -0.05) is 66.1 Å². The highest BCUT2D eigenvalue weighted by Gasteiger charge is 2.33. The molecule has 3 aromatic rings. The van der Waals surface area contributed by atoms with Crippen LogP contribution in [0.25, 0.3) is 5.70 Å². The molecule has 0 bridgehead atoms. The lowest BCUT2D eigenvalue weighted by molar-refractivity contribution is -0.130. The number of piperidine rings is 1. The number of carbonyl (C=O) groups excluding carboxylic acids is 1. The molecule has 7 nitrogen and oxygen atoms in total. The number of likely N-dealkylation sites (tertiary alicyclic amines) is 1. The number of benzene rings is 2. The summed E-state index contributed by atoms with van der Waals surface area (Å²) in [5.74, 6) is 1.31. The van der Waals surface area contributed by atoms with Gasteiger partial charge in [-0.05, 0) is 58.5 Å². The van der Waals surface area contributed by atoms with Crippen molar-refractivity contribution in [3.05, 3.63) is 76.8 Å². The van der Waals surface area contributed by atoms with Gasteiger partial charge in [0, 0.05) is 18.1 Å².